The van der Waals surface area contributed by atoms with Gasteiger partial charge in [-0.05, 0) is 24.3 Å². The lowest BCUT2D eigenvalue weighted by Crippen LogP contribution is -2.19. The highest BCUT2D eigenvalue weighted by Gasteiger charge is 2.16. The number of hydrogen-bond acceptors (Lipinski definition) is 8. The summed E-state index contributed by atoms with van der Waals surface area (Å²) in [5.41, 5.74) is 8.99. The minimum Gasteiger partial charge on any atom is -0.383 e. The van der Waals surface area contributed by atoms with Gasteiger partial charge < -0.3 is 5.73 Å². The number of nitrogens with one attached hydrogen (secondary N) is 1. The van der Waals surface area contributed by atoms with Crippen LogP contribution in [-0.4, -0.2) is 35.2 Å². The molecule has 3 rings (SSSR count). The van der Waals surface area contributed by atoms with Crippen LogP contribution in [0.15, 0.2) is 64.7 Å². The van der Waals surface area contributed by atoms with Gasteiger partial charge in [0, 0.05) is 17.7 Å². The Morgan fingerprint density at radius 1 is 1.23 bits per heavy atom. The maximum atomic E-state index is 12.3. The second-order valence-corrected chi connectivity index (χ2v) is 7.51. The summed E-state index contributed by atoms with van der Waals surface area (Å²) in [6.45, 7) is 0. The normalized spacial score (nSPS) is 11.5. The molecule has 1 heterocycles. The van der Waals surface area contributed by atoms with E-state index in [1.54, 1.807) is 6.07 Å². The summed E-state index contributed by atoms with van der Waals surface area (Å²) in [6.07, 6.45) is 2.47. The van der Waals surface area contributed by atoms with Crippen molar-refractivity contribution in [3.63, 3.8) is 0 Å². The molecule has 0 atom stereocenters. The number of sulfonamides is 1. The Kier molecular flexibility index (Phi) is 5.57. The Morgan fingerprint density at radius 2 is 1.93 bits per heavy atom. The number of primary sulfonamides is 1. The van der Waals surface area contributed by atoms with E-state index in [1.165, 1.54) is 59.6 Å². The van der Waals surface area contributed by atoms with Crippen molar-refractivity contribution in [1.29, 1.82) is 0 Å². The summed E-state index contributed by atoms with van der Waals surface area (Å²) in [6, 6.07) is 11.2. The van der Waals surface area contributed by atoms with Gasteiger partial charge in [-0.25, -0.2) is 23.7 Å². The number of hydrogen-bond donors (Lipinski definition) is 3. The number of nitro groups is 1. The van der Waals surface area contributed by atoms with Gasteiger partial charge in [-0.15, -0.1) is 0 Å². The summed E-state index contributed by atoms with van der Waals surface area (Å²) in [7, 11) is -3.84. The van der Waals surface area contributed by atoms with Crippen molar-refractivity contribution in [3.05, 3.63) is 76.0 Å². The smallest absolute Gasteiger partial charge is 0.276 e. The molecule has 0 bridgehead atoms. The minimum atomic E-state index is -3.84. The fraction of sp³-hybridized carbons (Fsp3) is 0. The number of hydrazone groups is 1. The predicted molar refractivity (Wildman–Crippen MR) is 108 cm³/mol. The van der Waals surface area contributed by atoms with Gasteiger partial charge in [-0.3, -0.25) is 14.9 Å². The number of non-ortho nitro benzene ring substituents is 1. The first-order valence-electron chi connectivity index (χ1n) is 8.21. The molecule has 1 amide bonds. The molecule has 0 unspecified atom stereocenters. The number of carbonyl (C=O) groups excluding carboxylic acids is 1. The highest BCUT2D eigenvalue weighted by molar-refractivity contribution is 7.89. The third kappa shape index (κ3) is 4.48. The van der Waals surface area contributed by atoms with Crippen molar-refractivity contribution in [2.45, 2.75) is 4.90 Å². The van der Waals surface area contributed by atoms with Crippen molar-refractivity contribution in [3.8, 4) is 5.69 Å². The van der Waals surface area contributed by atoms with E-state index in [2.05, 4.69) is 15.6 Å². The third-order valence-electron chi connectivity index (χ3n) is 3.92. The second kappa shape index (κ2) is 8.10. The molecule has 0 saturated heterocycles. The number of nitrogens with zero attached hydrogens (tertiary/aromatic N) is 4. The fourth-order valence-electron chi connectivity index (χ4n) is 2.46. The molecule has 5 N–H and O–H groups in total. The third-order valence-corrected chi connectivity index (χ3v) is 4.85. The van der Waals surface area contributed by atoms with Crippen LogP contribution in [0.2, 0.25) is 0 Å². The maximum absolute atomic E-state index is 12.3. The van der Waals surface area contributed by atoms with E-state index >= 15 is 0 Å². The fourth-order valence-corrected chi connectivity index (χ4v) is 2.98. The standard InChI is InChI=1S/C17H15N7O5S/c18-16-15(10-21-23(16)12-4-6-14(7-5-12)30(19,28)29)17(25)22-20-9-11-2-1-3-13(8-11)24(26)27/h1-10H,18H2,(H,22,25)(H2,19,28,29)/b20-9+. The average molecular weight is 429 g/mol. The molecule has 0 aliphatic rings. The zero-order chi connectivity index (χ0) is 21.9. The molecule has 1 aromatic heterocycles. The molecule has 0 radical (unpaired) electrons. The Labute approximate surface area is 170 Å². The van der Waals surface area contributed by atoms with Crippen molar-refractivity contribution in [2.24, 2.45) is 10.2 Å². The molecule has 3 aromatic rings. The molecule has 0 aliphatic heterocycles. The SMILES string of the molecule is Nc1c(C(=O)N/N=C/c2cccc([N+](=O)[O-])c2)cnn1-c1ccc(S(N)(=O)=O)cc1. The number of amides is 1. The first kappa shape index (κ1) is 20.6. The summed E-state index contributed by atoms with van der Waals surface area (Å²) < 4.78 is 23.9. The van der Waals surface area contributed by atoms with Crippen LogP contribution >= 0.6 is 0 Å². The van der Waals surface area contributed by atoms with Crippen molar-refractivity contribution in [1.82, 2.24) is 15.2 Å². The van der Waals surface area contributed by atoms with Crippen LogP contribution in [0.25, 0.3) is 5.69 Å². The summed E-state index contributed by atoms with van der Waals surface area (Å²) in [5.74, 6) is -0.650. The summed E-state index contributed by atoms with van der Waals surface area (Å²) in [4.78, 5) is 22.5. The number of nitrogens with two attached hydrogens (primary N) is 2. The number of aromatic nitrogens is 2. The number of nitro benzene ring substituents is 1. The lowest BCUT2D eigenvalue weighted by molar-refractivity contribution is -0.384. The Bertz CT molecular complexity index is 1250. The molecule has 2 aromatic carbocycles. The molecular formula is C17H15N7O5S. The number of benzene rings is 2. The van der Waals surface area contributed by atoms with E-state index in [0.717, 1.165) is 0 Å². The number of nitrogen functional groups attached to an aromatic ring is 1. The molecular weight excluding hydrogens is 414 g/mol. The highest BCUT2D eigenvalue weighted by atomic mass is 32.2. The minimum absolute atomic E-state index is 0.00130. The van der Waals surface area contributed by atoms with Gasteiger partial charge in [0.1, 0.15) is 11.4 Å². The first-order chi connectivity index (χ1) is 14.2. The first-order valence-corrected chi connectivity index (χ1v) is 9.76. The van der Waals surface area contributed by atoms with Crippen molar-refractivity contribution >= 4 is 33.7 Å². The van der Waals surface area contributed by atoms with Crippen LogP contribution < -0.4 is 16.3 Å². The van der Waals surface area contributed by atoms with Gasteiger partial charge >= 0.3 is 0 Å². The number of rotatable bonds is 6. The molecule has 0 aliphatic carbocycles. The zero-order valence-electron chi connectivity index (χ0n) is 15.2. The Balaban J connectivity index is 1.74. The topological polar surface area (TPSA) is 189 Å². The lowest BCUT2D eigenvalue weighted by Gasteiger charge is -2.06. The molecule has 12 nitrogen and oxygen atoms in total. The molecule has 0 saturated carbocycles. The largest absolute Gasteiger partial charge is 0.383 e. The van der Waals surface area contributed by atoms with Crippen LogP contribution in [0.1, 0.15) is 15.9 Å². The van der Waals surface area contributed by atoms with Crippen LogP contribution in [0.3, 0.4) is 0 Å². The van der Waals surface area contributed by atoms with Gasteiger partial charge in [0.05, 0.1) is 27.9 Å². The molecule has 0 spiro atoms. The summed E-state index contributed by atoms with van der Waals surface area (Å²) in [5, 5.41) is 23.6. The van der Waals surface area contributed by atoms with E-state index in [9.17, 15) is 23.3 Å². The van der Waals surface area contributed by atoms with Crippen LogP contribution in [0, 0.1) is 10.1 Å². The Hall–Kier alpha value is -4.10. The molecule has 0 fully saturated rings. The Morgan fingerprint density at radius 3 is 2.57 bits per heavy atom. The molecule has 30 heavy (non-hydrogen) atoms. The maximum Gasteiger partial charge on any atom is 0.276 e. The predicted octanol–water partition coefficient (Wildman–Crippen LogP) is 0.774. The van der Waals surface area contributed by atoms with Gasteiger partial charge in [-0.1, -0.05) is 12.1 Å². The highest BCUT2D eigenvalue weighted by Crippen LogP contribution is 2.19. The van der Waals surface area contributed by atoms with E-state index in [0.29, 0.717) is 11.3 Å². The van der Waals surface area contributed by atoms with E-state index in [1.807, 2.05) is 0 Å². The lowest BCUT2D eigenvalue weighted by atomic mass is 10.2. The van der Waals surface area contributed by atoms with Gasteiger partial charge in [-0.2, -0.15) is 10.2 Å². The van der Waals surface area contributed by atoms with E-state index in [-0.39, 0.29) is 22.0 Å². The zero-order valence-corrected chi connectivity index (χ0v) is 16.0. The van der Waals surface area contributed by atoms with Gasteiger partial charge in [0.25, 0.3) is 11.6 Å². The van der Waals surface area contributed by atoms with Gasteiger partial charge in [0.15, 0.2) is 0 Å². The quantitative estimate of drug-likeness (QED) is 0.293. The monoisotopic (exact) mass is 429 g/mol. The average Bonchev–Trinajstić information content (AvgIpc) is 3.09. The second-order valence-electron chi connectivity index (χ2n) is 5.95. The van der Waals surface area contributed by atoms with Gasteiger partial charge in [0.2, 0.25) is 10.0 Å². The van der Waals surface area contributed by atoms with E-state index < -0.39 is 20.9 Å². The number of anilines is 1. The van der Waals surface area contributed by atoms with Crippen molar-refractivity contribution in [2.75, 3.05) is 5.73 Å². The van der Waals surface area contributed by atoms with Crippen molar-refractivity contribution < 1.29 is 18.1 Å². The molecule has 154 valence electrons. The summed E-state index contributed by atoms with van der Waals surface area (Å²) >= 11 is 0. The molecule has 13 heteroatoms. The van der Waals surface area contributed by atoms with Crippen LogP contribution in [0.5, 0.6) is 0 Å². The van der Waals surface area contributed by atoms with Crippen LogP contribution in [0.4, 0.5) is 11.5 Å². The van der Waals surface area contributed by atoms with Crippen LogP contribution in [-0.2, 0) is 10.0 Å². The number of carbonyl (C=O) groups is 1. The van der Waals surface area contributed by atoms with E-state index in [4.69, 9.17) is 10.9 Å².